The number of hydrogen-bond donors (Lipinski definition) is 0. The van der Waals surface area contributed by atoms with Crippen molar-refractivity contribution >= 4 is 15.3 Å². The monoisotopic (exact) mass is 289 g/mol. The summed E-state index contributed by atoms with van der Waals surface area (Å²) < 4.78 is 5.51. The molecule has 0 N–H and O–H groups in total. The minimum Gasteiger partial charge on any atom is -0.338 e. The van der Waals surface area contributed by atoms with Crippen LogP contribution in [0.4, 0.5) is 0 Å². The lowest BCUT2D eigenvalue weighted by atomic mass is 10.3. The molecule has 0 unspecified atom stereocenters. The largest absolute Gasteiger partial charge is 0.338 e. The molecule has 0 aromatic carbocycles. The Kier molecular flexibility index (Phi) is 7.47. The van der Waals surface area contributed by atoms with Crippen LogP contribution in [0.15, 0.2) is 4.41 Å². The molecule has 0 aliphatic rings. The fourth-order valence-electron chi connectivity index (χ4n) is 3.02. The van der Waals surface area contributed by atoms with Gasteiger partial charge in [0.05, 0.1) is 0 Å². The first-order valence-electron chi connectivity index (χ1n) is 7.56. The zero-order valence-electron chi connectivity index (χ0n) is 14.2. The van der Waals surface area contributed by atoms with Gasteiger partial charge >= 0.3 is 0 Å². The molecular formula is C15H36NPSi. The van der Waals surface area contributed by atoms with Crippen molar-refractivity contribution in [3.8, 4) is 0 Å². The van der Waals surface area contributed by atoms with Crippen molar-refractivity contribution in [1.82, 2.24) is 0 Å². The molecule has 0 spiro atoms. The Balaban J connectivity index is 5.46. The van der Waals surface area contributed by atoms with Gasteiger partial charge in [-0.1, -0.05) is 61.2 Å². The third-order valence-electron chi connectivity index (χ3n) is 2.63. The molecule has 0 aliphatic heterocycles. The lowest BCUT2D eigenvalue weighted by Crippen LogP contribution is -2.21. The van der Waals surface area contributed by atoms with E-state index in [4.69, 9.17) is 4.41 Å². The van der Waals surface area contributed by atoms with Crippen LogP contribution in [0.3, 0.4) is 0 Å². The SMILES string of the molecule is CC(C)CP(CC(C)C)(CC(C)C)=N[Si](C)(C)C. The van der Waals surface area contributed by atoms with Gasteiger partial charge in [-0.25, -0.2) is 0 Å². The van der Waals surface area contributed by atoms with Gasteiger partial charge in [0.15, 0.2) is 8.24 Å². The smallest absolute Gasteiger partial charge is 0.170 e. The summed E-state index contributed by atoms with van der Waals surface area (Å²) in [6.07, 6.45) is 4.11. The average molecular weight is 290 g/mol. The highest BCUT2D eigenvalue weighted by molar-refractivity contribution is 7.67. The fraction of sp³-hybridized carbons (Fsp3) is 1.00. The molecule has 1 nitrogen and oxygen atoms in total. The molecular weight excluding hydrogens is 253 g/mol. The third-order valence-corrected chi connectivity index (χ3v) is 11.0. The van der Waals surface area contributed by atoms with E-state index in [2.05, 4.69) is 61.2 Å². The summed E-state index contributed by atoms with van der Waals surface area (Å²) in [7, 11) is -2.42. The Hall–Kier alpha value is 0.447. The van der Waals surface area contributed by atoms with Crippen molar-refractivity contribution in [3.05, 3.63) is 0 Å². The topological polar surface area (TPSA) is 12.4 Å². The van der Waals surface area contributed by atoms with Crippen LogP contribution in [0.5, 0.6) is 0 Å². The Morgan fingerprint density at radius 1 is 0.722 bits per heavy atom. The molecule has 3 heteroatoms. The van der Waals surface area contributed by atoms with Gasteiger partial charge < -0.3 is 4.41 Å². The number of rotatable bonds is 7. The second-order valence-electron chi connectivity index (χ2n) is 8.10. The summed E-state index contributed by atoms with van der Waals surface area (Å²) >= 11 is 0. The quantitative estimate of drug-likeness (QED) is 0.403. The predicted octanol–water partition coefficient (Wildman–Crippen LogP) is 5.99. The van der Waals surface area contributed by atoms with E-state index in [-0.39, 0.29) is 0 Å². The molecule has 0 amide bonds. The highest BCUT2D eigenvalue weighted by Crippen LogP contribution is 2.55. The van der Waals surface area contributed by atoms with Crippen molar-refractivity contribution in [2.24, 2.45) is 22.2 Å². The van der Waals surface area contributed by atoms with Crippen LogP contribution in [0.1, 0.15) is 41.5 Å². The van der Waals surface area contributed by atoms with Gasteiger partial charge in [-0.05, 0) is 43.3 Å². The third kappa shape index (κ3) is 8.53. The van der Waals surface area contributed by atoms with Crippen LogP contribution < -0.4 is 0 Å². The van der Waals surface area contributed by atoms with E-state index in [0.717, 1.165) is 17.8 Å². The van der Waals surface area contributed by atoms with E-state index in [0.29, 0.717) is 0 Å². The van der Waals surface area contributed by atoms with Gasteiger partial charge in [-0.3, -0.25) is 0 Å². The lowest BCUT2D eigenvalue weighted by Gasteiger charge is -2.33. The van der Waals surface area contributed by atoms with Crippen molar-refractivity contribution < 1.29 is 0 Å². The normalized spacial score (nSPS) is 13.8. The maximum absolute atomic E-state index is 5.51. The van der Waals surface area contributed by atoms with Crippen molar-refractivity contribution in [3.63, 3.8) is 0 Å². The number of nitrogens with zero attached hydrogens (tertiary/aromatic N) is 1. The first kappa shape index (κ1) is 18.4. The van der Waals surface area contributed by atoms with E-state index in [1.807, 2.05) is 0 Å². The zero-order valence-corrected chi connectivity index (χ0v) is 16.1. The molecule has 0 heterocycles. The van der Waals surface area contributed by atoms with Crippen molar-refractivity contribution in [2.75, 3.05) is 18.5 Å². The van der Waals surface area contributed by atoms with Gasteiger partial charge in [0, 0.05) is 0 Å². The van der Waals surface area contributed by atoms with E-state index in [1.165, 1.54) is 18.5 Å². The summed E-state index contributed by atoms with van der Waals surface area (Å²) in [5.41, 5.74) is 0. The first-order valence-corrected chi connectivity index (χ1v) is 13.3. The van der Waals surface area contributed by atoms with Gasteiger partial charge in [-0.15, -0.1) is 0 Å². The molecule has 0 fully saturated rings. The molecule has 18 heavy (non-hydrogen) atoms. The molecule has 0 saturated heterocycles. The van der Waals surface area contributed by atoms with E-state index in [1.54, 1.807) is 0 Å². The Labute approximate surface area is 117 Å². The molecule has 0 aliphatic carbocycles. The average Bonchev–Trinajstić information content (AvgIpc) is 1.92. The van der Waals surface area contributed by atoms with Crippen molar-refractivity contribution in [2.45, 2.75) is 61.2 Å². The van der Waals surface area contributed by atoms with Gasteiger partial charge in [0.2, 0.25) is 0 Å². The highest BCUT2D eigenvalue weighted by Gasteiger charge is 2.26. The Morgan fingerprint density at radius 2 is 1.00 bits per heavy atom. The summed E-state index contributed by atoms with van der Waals surface area (Å²) in [6, 6.07) is 0. The van der Waals surface area contributed by atoms with Crippen LogP contribution in [-0.2, 0) is 0 Å². The van der Waals surface area contributed by atoms with Crippen LogP contribution in [-0.4, -0.2) is 26.7 Å². The summed E-state index contributed by atoms with van der Waals surface area (Å²) in [6.45, 7) is 21.4. The second kappa shape index (κ2) is 7.29. The summed E-state index contributed by atoms with van der Waals surface area (Å²) in [4.78, 5) is 0. The Morgan fingerprint density at radius 3 is 1.17 bits per heavy atom. The first-order chi connectivity index (χ1) is 7.96. The lowest BCUT2D eigenvalue weighted by molar-refractivity contribution is 0.690. The maximum Gasteiger partial charge on any atom is 0.170 e. The Bertz CT molecular complexity index is 254. The van der Waals surface area contributed by atoms with Crippen LogP contribution in [0.25, 0.3) is 0 Å². The van der Waals surface area contributed by atoms with Gasteiger partial charge in [0.25, 0.3) is 0 Å². The van der Waals surface area contributed by atoms with Crippen LogP contribution >= 0.6 is 7.05 Å². The molecule has 0 bridgehead atoms. The molecule has 0 aromatic rings. The van der Waals surface area contributed by atoms with Crippen LogP contribution in [0.2, 0.25) is 19.6 Å². The van der Waals surface area contributed by atoms with Crippen LogP contribution in [0, 0.1) is 17.8 Å². The van der Waals surface area contributed by atoms with E-state index >= 15 is 0 Å². The van der Waals surface area contributed by atoms with E-state index in [9.17, 15) is 0 Å². The standard InChI is InChI=1S/C15H36NPSi/c1-13(2)10-17(11-14(3)4,12-15(5)6)16-18(7,8)9/h13-15H,10-12H2,1-9H3. The highest BCUT2D eigenvalue weighted by atomic mass is 31.2. The minimum atomic E-state index is -1.32. The maximum atomic E-state index is 5.51. The van der Waals surface area contributed by atoms with Crippen molar-refractivity contribution in [1.29, 1.82) is 0 Å². The van der Waals surface area contributed by atoms with Gasteiger partial charge in [-0.2, -0.15) is 0 Å². The molecule has 110 valence electrons. The molecule has 0 saturated carbocycles. The molecule has 0 radical (unpaired) electrons. The number of hydrogen-bond acceptors (Lipinski definition) is 1. The summed E-state index contributed by atoms with van der Waals surface area (Å²) in [5, 5.41) is 0. The predicted molar refractivity (Wildman–Crippen MR) is 91.8 cm³/mol. The fourth-order valence-corrected chi connectivity index (χ4v) is 13.6. The van der Waals surface area contributed by atoms with Gasteiger partial charge in [0.1, 0.15) is 0 Å². The second-order valence-corrected chi connectivity index (χ2v) is 16.5. The molecule has 0 aromatic heterocycles. The summed E-state index contributed by atoms with van der Waals surface area (Å²) in [5.74, 6) is 2.36. The molecule has 0 atom stereocenters. The minimum absolute atomic E-state index is 0.788. The zero-order chi connectivity index (χ0) is 14.6. The van der Waals surface area contributed by atoms with E-state index < -0.39 is 15.3 Å². The molecule has 0 rings (SSSR count).